The van der Waals surface area contributed by atoms with Gasteiger partial charge in [-0.2, -0.15) is 0 Å². The van der Waals surface area contributed by atoms with Gasteiger partial charge in [-0.3, -0.25) is 14.3 Å². The zero-order valence-corrected chi connectivity index (χ0v) is 15.5. The van der Waals surface area contributed by atoms with Crippen LogP contribution < -0.4 is 5.76 Å². The Morgan fingerprint density at radius 3 is 2.59 bits per heavy atom. The molecule has 0 unspecified atom stereocenters. The Labute approximate surface area is 155 Å². The molecule has 1 fully saturated rings. The molecule has 1 saturated heterocycles. The first-order valence-electron chi connectivity index (χ1n) is 9.03. The Kier molecular flexibility index (Phi) is 4.57. The number of carbonyl (C=O) groups is 1. The van der Waals surface area contributed by atoms with E-state index >= 15 is 0 Å². The third kappa shape index (κ3) is 3.40. The molecule has 1 amide bonds. The Morgan fingerprint density at radius 2 is 1.89 bits per heavy atom. The van der Waals surface area contributed by atoms with E-state index in [2.05, 4.69) is 10.1 Å². The highest BCUT2D eigenvalue weighted by Gasteiger charge is 2.24. The van der Waals surface area contributed by atoms with Gasteiger partial charge in [-0.25, -0.2) is 4.79 Å². The van der Waals surface area contributed by atoms with Crippen molar-refractivity contribution in [1.82, 2.24) is 19.5 Å². The number of piperazine rings is 1. The maximum Gasteiger partial charge on any atom is 0.420 e. The van der Waals surface area contributed by atoms with Gasteiger partial charge >= 0.3 is 5.76 Å². The largest absolute Gasteiger partial charge is 0.420 e. The Hall–Kier alpha value is -2.87. The number of amides is 1. The van der Waals surface area contributed by atoms with Crippen LogP contribution in [0, 0.1) is 13.8 Å². The van der Waals surface area contributed by atoms with E-state index in [-0.39, 0.29) is 12.5 Å². The lowest BCUT2D eigenvalue weighted by Gasteiger charge is -2.34. The number of hydrogen-bond acceptors (Lipinski definition) is 6. The van der Waals surface area contributed by atoms with E-state index in [9.17, 15) is 9.59 Å². The molecule has 0 aliphatic carbocycles. The van der Waals surface area contributed by atoms with E-state index in [4.69, 9.17) is 8.94 Å². The van der Waals surface area contributed by atoms with Crippen LogP contribution in [0.15, 0.2) is 38.0 Å². The highest BCUT2D eigenvalue weighted by Crippen LogP contribution is 2.17. The molecule has 0 spiro atoms. The van der Waals surface area contributed by atoms with Crippen molar-refractivity contribution in [1.29, 1.82) is 0 Å². The summed E-state index contributed by atoms with van der Waals surface area (Å²) in [4.78, 5) is 28.8. The van der Waals surface area contributed by atoms with Gasteiger partial charge in [0.25, 0.3) is 0 Å². The minimum Gasteiger partial charge on any atom is -0.408 e. The summed E-state index contributed by atoms with van der Waals surface area (Å²) in [6.45, 7) is 7.45. The van der Waals surface area contributed by atoms with E-state index in [0.29, 0.717) is 24.2 Å². The number of aromatic nitrogens is 2. The molecule has 0 bridgehead atoms. The number of oxazole rings is 1. The Bertz CT molecular complexity index is 1000. The molecule has 0 saturated carbocycles. The number of para-hydroxylation sites is 2. The highest BCUT2D eigenvalue weighted by molar-refractivity contribution is 5.79. The van der Waals surface area contributed by atoms with E-state index in [1.54, 1.807) is 23.1 Å². The summed E-state index contributed by atoms with van der Waals surface area (Å²) in [5.41, 5.74) is 3.18. The van der Waals surface area contributed by atoms with Crippen LogP contribution in [0.1, 0.15) is 17.0 Å². The van der Waals surface area contributed by atoms with Crippen LogP contribution >= 0.6 is 0 Å². The first kappa shape index (κ1) is 17.5. The molecule has 1 aliphatic heterocycles. The van der Waals surface area contributed by atoms with Crippen LogP contribution in [0.4, 0.5) is 0 Å². The van der Waals surface area contributed by atoms with Crippen molar-refractivity contribution in [2.45, 2.75) is 26.9 Å². The molecule has 0 radical (unpaired) electrons. The predicted molar refractivity (Wildman–Crippen MR) is 98.3 cm³/mol. The number of benzene rings is 1. The number of aryl methyl sites for hydroxylation is 2. The van der Waals surface area contributed by atoms with Crippen LogP contribution in [0.2, 0.25) is 0 Å². The first-order chi connectivity index (χ1) is 13.0. The van der Waals surface area contributed by atoms with Crippen molar-refractivity contribution in [2.75, 3.05) is 26.2 Å². The zero-order valence-electron chi connectivity index (χ0n) is 15.5. The molecule has 27 heavy (non-hydrogen) atoms. The van der Waals surface area contributed by atoms with Gasteiger partial charge in [0, 0.05) is 38.3 Å². The lowest BCUT2D eigenvalue weighted by atomic mass is 10.2. The molecular formula is C19H22N4O4. The van der Waals surface area contributed by atoms with Crippen molar-refractivity contribution in [3.05, 3.63) is 51.8 Å². The molecule has 3 heterocycles. The number of nitrogens with zero attached hydrogens (tertiary/aromatic N) is 4. The second-order valence-corrected chi connectivity index (χ2v) is 6.88. The summed E-state index contributed by atoms with van der Waals surface area (Å²) in [6.07, 6.45) is 0. The molecule has 3 aromatic rings. The average molecular weight is 370 g/mol. The normalized spacial score (nSPS) is 15.6. The third-order valence-electron chi connectivity index (χ3n) is 5.16. The van der Waals surface area contributed by atoms with Crippen molar-refractivity contribution in [3.63, 3.8) is 0 Å². The third-order valence-corrected chi connectivity index (χ3v) is 5.16. The van der Waals surface area contributed by atoms with E-state index in [1.165, 1.54) is 4.57 Å². The van der Waals surface area contributed by atoms with Gasteiger partial charge in [-0.15, -0.1) is 0 Å². The van der Waals surface area contributed by atoms with Crippen LogP contribution in [0.3, 0.4) is 0 Å². The van der Waals surface area contributed by atoms with Gasteiger partial charge in [0.05, 0.1) is 11.2 Å². The fraction of sp³-hybridized carbons (Fsp3) is 0.421. The maximum atomic E-state index is 12.7. The first-order valence-corrected chi connectivity index (χ1v) is 9.03. The number of rotatable bonds is 4. The minimum atomic E-state index is -0.499. The molecule has 0 atom stereocenters. The van der Waals surface area contributed by atoms with Crippen LogP contribution in [-0.2, 0) is 17.9 Å². The summed E-state index contributed by atoms with van der Waals surface area (Å²) < 4.78 is 11.8. The predicted octanol–water partition coefficient (Wildman–Crippen LogP) is 1.54. The molecule has 4 rings (SSSR count). The van der Waals surface area contributed by atoms with Crippen LogP contribution in [-0.4, -0.2) is 51.6 Å². The second kappa shape index (κ2) is 7.03. The topological polar surface area (TPSA) is 84.7 Å². The molecule has 0 N–H and O–H groups in total. The van der Waals surface area contributed by atoms with Gasteiger partial charge in [-0.05, 0) is 26.0 Å². The second-order valence-electron chi connectivity index (χ2n) is 6.88. The molecular weight excluding hydrogens is 348 g/mol. The summed E-state index contributed by atoms with van der Waals surface area (Å²) in [6, 6.07) is 7.14. The minimum absolute atomic E-state index is 0.000284. The van der Waals surface area contributed by atoms with Gasteiger partial charge in [0.1, 0.15) is 12.3 Å². The summed E-state index contributed by atoms with van der Waals surface area (Å²) >= 11 is 0. The quantitative estimate of drug-likeness (QED) is 0.693. The molecule has 8 heteroatoms. The number of fused-ring (bicyclic) bond motifs is 1. The summed E-state index contributed by atoms with van der Waals surface area (Å²) in [5, 5.41) is 3.99. The van der Waals surface area contributed by atoms with Crippen molar-refractivity contribution < 1.29 is 13.7 Å². The van der Waals surface area contributed by atoms with Crippen molar-refractivity contribution in [3.8, 4) is 0 Å². The maximum absolute atomic E-state index is 12.7. The Morgan fingerprint density at radius 1 is 1.15 bits per heavy atom. The molecule has 1 aromatic carbocycles. The Balaban J connectivity index is 1.39. The fourth-order valence-electron chi connectivity index (χ4n) is 3.51. The summed E-state index contributed by atoms with van der Waals surface area (Å²) in [5.74, 6) is 0.277. The monoisotopic (exact) mass is 370 g/mol. The van der Waals surface area contributed by atoms with Gasteiger partial charge in [0.15, 0.2) is 5.58 Å². The number of carbonyl (C=O) groups excluding carboxylic acids is 1. The van der Waals surface area contributed by atoms with Gasteiger partial charge in [0.2, 0.25) is 5.91 Å². The smallest absolute Gasteiger partial charge is 0.408 e. The van der Waals surface area contributed by atoms with E-state index in [0.717, 1.165) is 36.7 Å². The molecule has 2 aromatic heterocycles. The fourth-order valence-corrected chi connectivity index (χ4v) is 3.51. The molecule has 8 nitrogen and oxygen atoms in total. The van der Waals surface area contributed by atoms with Gasteiger partial charge < -0.3 is 13.8 Å². The highest BCUT2D eigenvalue weighted by atomic mass is 16.5. The molecule has 142 valence electrons. The summed E-state index contributed by atoms with van der Waals surface area (Å²) in [7, 11) is 0. The van der Waals surface area contributed by atoms with E-state index in [1.807, 2.05) is 19.9 Å². The lowest BCUT2D eigenvalue weighted by Crippen LogP contribution is -2.49. The zero-order chi connectivity index (χ0) is 19.0. The van der Waals surface area contributed by atoms with Crippen molar-refractivity contribution >= 4 is 17.0 Å². The van der Waals surface area contributed by atoms with Crippen LogP contribution in [0.5, 0.6) is 0 Å². The standard InChI is InChI=1S/C19H22N4O4/c1-13-15(14(2)27-20-13)11-21-7-9-22(10-8-21)18(24)12-23-16-5-3-4-6-17(16)26-19(23)25/h3-6H,7-12H2,1-2H3. The van der Waals surface area contributed by atoms with Gasteiger partial charge in [-0.1, -0.05) is 17.3 Å². The van der Waals surface area contributed by atoms with E-state index < -0.39 is 5.76 Å². The molecule has 1 aliphatic rings. The average Bonchev–Trinajstić information content (AvgIpc) is 3.16. The van der Waals surface area contributed by atoms with Crippen molar-refractivity contribution in [2.24, 2.45) is 0 Å². The SMILES string of the molecule is Cc1noc(C)c1CN1CCN(C(=O)Cn2c(=O)oc3ccccc32)CC1. The number of hydrogen-bond donors (Lipinski definition) is 0. The van der Waals surface area contributed by atoms with Crippen LogP contribution in [0.25, 0.3) is 11.1 Å². The lowest BCUT2D eigenvalue weighted by molar-refractivity contribution is -0.133.